The Morgan fingerprint density at radius 3 is 2.23 bits per heavy atom. The first-order chi connectivity index (χ1) is 10.1. The first kappa shape index (κ1) is 16.6. The fraction of sp³-hybridized carbons (Fsp3) is 0.533. The summed E-state index contributed by atoms with van der Waals surface area (Å²) >= 11 is 0. The minimum atomic E-state index is -3.41. The average molecular weight is 326 g/mol. The zero-order valence-corrected chi connectivity index (χ0v) is 14.1. The maximum Gasteiger partial charge on any atom is 0.317 e. The smallest absolute Gasteiger partial charge is 0.317 e. The van der Waals surface area contributed by atoms with Gasteiger partial charge >= 0.3 is 6.03 Å². The fourth-order valence-corrected chi connectivity index (χ4v) is 3.81. The van der Waals surface area contributed by atoms with E-state index < -0.39 is 15.1 Å². The predicted octanol–water partition coefficient (Wildman–Crippen LogP) is 1.66. The monoisotopic (exact) mass is 326 g/mol. The van der Waals surface area contributed by atoms with Gasteiger partial charge in [-0.25, -0.2) is 13.2 Å². The van der Waals surface area contributed by atoms with Crippen molar-refractivity contribution in [3.8, 4) is 5.75 Å². The molecule has 0 radical (unpaired) electrons. The molecule has 0 saturated carbocycles. The highest BCUT2D eigenvalue weighted by Crippen LogP contribution is 2.25. The van der Waals surface area contributed by atoms with E-state index in [0.717, 1.165) is 0 Å². The Kier molecular flexibility index (Phi) is 4.37. The molecule has 1 heterocycles. The number of rotatable bonds is 3. The summed E-state index contributed by atoms with van der Waals surface area (Å²) < 4.78 is 30.0. The van der Waals surface area contributed by atoms with Crippen LogP contribution in [0.4, 0.5) is 4.79 Å². The molecule has 1 aromatic rings. The molecule has 122 valence electrons. The summed E-state index contributed by atoms with van der Waals surface area (Å²) in [7, 11) is -1.89. The van der Waals surface area contributed by atoms with Gasteiger partial charge < -0.3 is 15.0 Å². The van der Waals surface area contributed by atoms with Gasteiger partial charge in [0.2, 0.25) is 0 Å². The third kappa shape index (κ3) is 3.52. The van der Waals surface area contributed by atoms with Gasteiger partial charge in [0.05, 0.1) is 12.0 Å². The van der Waals surface area contributed by atoms with Gasteiger partial charge in [-0.2, -0.15) is 0 Å². The minimum Gasteiger partial charge on any atom is -0.497 e. The van der Waals surface area contributed by atoms with Crippen LogP contribution in [-0.4, -0.2) is 50.3 Å². The van der Waals surface area contributed by atoms with E-state index in [-0.39, 0.29) is 29.6 Å². The average Bonchev–Trinajstić information content (AvgIpc) is 2.34. The number of carbonyl (C=O) groups excluding carboxylic acids is 1. The van der Waals surface area contributed by atoms with Crippen LogP contribution in [0.15, 0.2) is 29.2 Å². The van der Waals surface area contributed by atoms with E-state index in [0.29, 0.717) is 5.75 Å². The van der Waals surface area contributed by atoms with Crippen molar-refractivity contribution in [1.29, 1.82) is 0 Å². The lowest BCUT2D eigenvalue weighted by atomic mass is 10.1. The van der Waals surface area contributed by atoms with Gasteiger partial charge in [-0.05, 0) is 45.0 Å². The molecule has 0 aromatic heterocycles. The van der Waals surface area contributed by atoms with Crippen LogP contribution in [-0.2, 0) is 9.84 Å². The molecule has 0 atom stereocenters. The molecule has 1 fully saturated rings. The zero-order valence-electron chi connectivity index (χ0n) is 13.3. The lowest BCUT2D eigenvalue weighted by Gasteiger charge is -2.40. The molecule has 0 unspecified atom stereocenters. The van der Waals surface area contributed by atoms with Gasteiger partial charge in [0, 0.05) is 18.6 Å². The molecule has 22 heavy (non-hydrogen) atoms. The number of methoxy groups -OCH3 is 1. The van der Waals surface area contributed by atoms with Gasteiger partial charge in [0.25, 0.3) is 0 Å². The Hall–Kier alpha value is -1.76. The van der Waals surface area contributed by atoms with Crippen molar-refractivity contribution >= 4 is 15.9 Å². The van der Waals surface area contributed by atoms with Crippen molar-refractivity contribution in [3.63, 3.8) is 0 Å². The number of sulfone groups is 1. The summed E-state index contributed by atoms with van der Waals surface area (Å²) in [6.07, 6.45) is 0. The summed E-state index contributed by atoms with van der Waals surface area (Å²) in [6.45, 7) is 6.09. The van der Waals surface area contributed by atoms with Crippen LogP contribution in [0.2, 0.25) is 0 Å². The molecule has 0 aliphatic carbocycles. The zero-order chi connectivity index (χ0) is 16.5. The number of nitrogens with one attached hydrogen (secondary N) is 1. The normalized spacial score (nSPS) is 16.1. The first-order valence-corrected chi connectivity index (χ1v) is 8.63. The SMILES string of the molecule is COc1ccc(S(=O)(=O)C2CN(C(=O)NC(C)(C)C)C2)cc1. The molecule has 1 aliphatic rings. The number of carbonyl (C=O) groups is 1. The summed E-state index contributed by atoms with van der Waals surface area (Å²) in [6, 6.07) is 6.08. The van der Waals surface area contributed by atoms with Gasteiger partial charge in [-0.15, -0.1) is 0 Å². The van der Waals surface area contributed by atoms with E-state index in [9.17, 15) is 13.2 Å². The highest BCUT2D eigenvalue weighted by molar-refractivity contribution is 7.92. The molecule has 6 nitrogen and oxygen atoms in total. The molecule has 1 aliphatic heterocycles. The van der Waals surface area contributed by atoms with Crippen LogP contribution >= 0.6 is 0 Å². The number of likely N-dealkylation sites (tertiary alicyclic amines) is 1. The minimum absolute atomic E-state index is 0.219. The first-order valence-electron chi connectivity index (χ1n) is 7.08. The Bertz CT molecular complexity index is 641. The van der Waals surface area contributed by atoms with Crippen molar-refractivity contribution in [2.75, 3.05) is 20.2 Å². The molecular weight excluding hydrogens is 304 g/mol. The van der Waals surface area contributed by atoms with Gasteiger partial charge in [0.1, 0.15) is 11.0 Å². The van der Waals surface area contributed by atoms with E-state index in [1.54, 1.807) is 12.1 Å². The number of urea groups is 1. The molecule has 1 saturated heterocycles. The number of amides is 2. The number of benzene rings is 1. The van der Waals surface area contributed by atoms with Crippen molar-refractivity contribution in [2.45, 2.75) is 36.5 Å². The Labute approximate surface area is 131 Å². The maximum absolute atomic E-state index is 12.5. The van der Waals surface area contributed by atoms with Crippen LogP contribution in [0.1, 0.15) is 20.8 Å². The summed E-state index contributed by atoms with van der Waals surface area (Å²) in [5, 5.41) is 2.27. The van der Waals surface area contributed by atoms with Gasteiger partial charge in [0.15, 0.2) is 9.84 Å². The second-order valence-electron chi connectivity index (χ2n) is 6.43. The second-order valence-corrected chi connectivity index (χ2v) is 8.66. The van der Waals surface area contributed by atoms with E-state index in [4.69, 9.17) is 4.74 Å². The summed E-state index contributed by atoms with van der Waals surface area (Å²) in [4.78, 5) is 13.7. The van der Waals surface area contributed by atoms with Crippen molar-refractivity contribution in [3.05, 3.63) is 24.3 Å². The molecular formula is C15H22N2O4S. The summed E-state index contributed by atoms with van der Waals surface area (Å²) in [5.74, 6) is 0.610. The van der Waals surface area contributed by atoms with Crippen LogP contribution in [0, 0.1) is 0 Å². The van der Waals surface area contributed by atoms with Crippen molar-refractivity contribution < 1.29 is 17.9 Å². The number of hydrogen-bond acceptors (Lipinski definition) is 4. The number of nitrogens with zero attached hydrogens (tertiary/aromatic N) is 1. The van der Waals surface area contributed by atoms with E-state index >= 15 is 0 Å². The largest absolute Gasteiger partial charge is 0.497 e. The molecule has 0 bridgehead atoms. The van der Waals surface area contributed by atoms with Gasteiger partial charge in [-0.1, -0.05) is 0 Å². The van der Waals surface area contributed by atoms with E-state index in [1.165, 1.54) is 24.1 Å². The molecule has 0 spiro atoms. The van der Waals surface area contributed by atoms with E-state index in [2.05, 4.69) is 5.32 Å². The maximum atomic E-state index is 12.5. The van der Waals surface area contributed by atoms with Crippen LogP contribution in [0.5, 0.6) is 5.75 Å². The standard InChI is InChI=1S/C15H22N2O4S/c1-15(2,3)16-14(18)17-9-13(10-17)22(19,20)12-7-5-11(21-4)6-8-12/h5-8,13H,9-10H2,1-4H3,(H,16,18). The van der Waals surface area contributed by atoms with Crippen molar-refractivity contribution in [1.82, 2.24) is 10.2 Å². The lowest BCUT2D eigenvalue weighted by Crippen LogP contribution is -2.61. The van der Waals surface area contributed by atoms with Crippen molar-refractivity contribution in [2.24, 2.45) is 0 Å². The second kappa shape index (κ2) is 5.79. The van der Waals surface area contributed by atoms with E-state index in [1.807, 2.05) is 20.8 Å². The molecule has 7 heteroatoms. The van der Waals surface area contributed by atoms with Gasteiger partial charge in [-0.3, -0.25) is 0 Å². The predicted molar refractivity (Wildman–Crippen MR) is 83.8 cm³/mol. The molecule has 2 rings (SSSR count). The molecule has 1 N–H and O–H groups in total. The van der Waals surface area contributed by atoms with Crippen LogP contribution in [0.25, 0.3) is 0 Å². The van der Waals surface area contributed by atoms with Crippen LogP contribution < -0.4 is 10.1 Å². The summed E-state index contributed by atoms with van der Waals surface area (Å²) in [5.41, 5.74) is -0.336. The van der Waals surface area contributed by atoms with Crippen LogP contribution in [0.3, 0.4) is 0 Å². The quantitative estimate of drug-likeness (QED) is 0.916. The third-order valence-corrected chi connectivity index (χ3v) is 5.55. The highest BCUT2D eigenvalue weighted by Gasteiger charge is 2.41. The number of hydrogen-bond donors (Lipinski definition) is 1. The lowest BCUT2D eigenvalue weighted by molar-refractivity contribution is 0.161. The third-order valence-electron chi connectivity index (χ3n) is 3.44. The topological polar surface area (TPSA) is 75.7 Å². The fourth-order valence-electron chi connectivity index (χ4n) is 2.16. The molecule has 1 aromatic carbocycles. The molecule has 2 amide bonds. The Balaban J connectivity index is 2.00. The Morgan fingerprint density at radius 2 is 1.77 bits per heavy atom. The highest BCUT2D eigenvalue weighted by atomic mass is 32.2. The number of ether oxygens (including phenoxy) is 1. The Morgan fingerprint density at radius 1 is 1.23 bits per heavy atom.